The zero-order chi connectivity index (χ0) is 21.0. The number of carbonyl (C=O) groups is 3. The van der Waals surface area contributed by atoms with Gasteiger partial charge in [0, 0.05) is 11.9 Å². The third-order valence-electron chi connectivity index (χ3n) is 5.09. The molecule has 2 heterocycles. The van der Waals surface area contributed by atoms with Gasteiger partial charge in [0.15, 0.2) is 0 Å². The minimum Gasteiger partial charge on any atom is -0.339 e. The second kappa shape index (κ2) is 8.97. The van der Waals surface area contributed by atoms with Gasteiger partial charge in [-0.05, 0) is 24.1 Å². The number of rotatable bonds is 8. The quantitative estimate of drug-likeness (QED) is 0.640. The average Bonchev–Trinajstić information content (AvgIpc) is 3.23. The molecular weight excluding hydrogens is 410 g/mol. The van der Waals surface area contributed by atoms with Gasteiger partial charge in [0.05, 0.1) is 10.9 Å². The smallest absolute Gasteiger partial charge is 0.325 e. The van der Waals surface area contributed by atoms with E-state index >= 15 is 0 Å². The van der Waals surface area contributed by atoms with Crippen LogP contribution in [-0.4, -0.2) is 41.2 Å². The van der Waals surface area contributed by atoms with Gasteiger partial charge >= 0.3 is 6.03 Å². The number of hydrogen-bond acceptors (Lipinski definition) is 4. The number of thiophene rings is 1. The number of hydrogen-bond donors (Lipinski definition) is 1. The summed E-state index contributed by atoms with van der Waals surface area (Å²) in [6.07, 6.45) is 2.16. The van der Waals surface area contributed by atoms with Gasteiger partial charge in [-0.15, -0.1) is 11.3 Å². The molecule has 6 nitrogen and oxygen atoms in total. The van der Waals surface area contributed by atoms with E-state index in [1.165, 1.54) is 16.2 Å². The monoisotopic (exact) mass is 433 g/mol. The summed E-state index contributed by atoms with van der Waals surface area (Å²) < 4.78 is 0.651. The van der Waals surface area contributed by atoms with Crippen molar-refractivity contribution < 1.29 is 14.4 Å². The van der Waals surface area contributed by atoms with Crippen molar-refractivity contribution in [1.82, 2.24) is 15.1 Å². The van der Waals surface area contributed by atoms with Gasteiger partial charge in [0.25, 0.3) is 5.91 Å². The molecule has 4 amide bonds. The molecule has 0 spiro atoms. The average molecular weight is 434 g/mol. The van der Waals surface area contributed by atoms with Crippen LogP contribution in [0.5, 0.6) is 0 Å². The first-order chi connectivity index (χ1) is 13.9. The van der Waals surface area contributed by atoms with Crippen molar-refractivity contribution in [2.75, 3.05) is 13.6 Å². The van der Waals surface area contributed by atoms with Gasteiger partial charge in [0.1, 0.15) is 12.1 Å². The number of likely N-dealkylation sites (N-methyl/N-ethyl adjacent to an activating group) is 1. The molecule has 1 saturated heterocycles. The van der Waals surface area contributed by atoms with Crippen molar-refractivity contribution in [3.63, 3.8) is 0 Å². The molecule has 8 heteroatoms. The van der Waals surface area contributed by atoms with Crippen LogP contribution in [0.2, 0.25) is 4.34 Å². The Kier molecular flexibility index (Phi) is 6.59. The Morgan fingerprint density at radius 3 is 2.55 bits per heavy atom. The van der Waals surface area contributed by atoms with Crippen LogP contribution in [0.3, 0.4) is 0 Å². The second-order valence-corrected chi connectivity index (χ2v) is 8.95. The van der Waals surface area contributed by atoms with Gasteiger partial charge in [-0.1, -0.05) is 61.7 Å². The zero-order valence-corrected chi connectivity index (χ0v) is 18.1. The first kappa shape index (κ1) is 21.3. The van der Waals surface area contributed by atoms with E-state index in [2.05, 4.69) is 5.32 Å². The Morgan fingerprint density at radius 1 is 1.21 bits per heavy atom. The highest BCUT2D eigenvalue weighted by Gasteiger charge is 2.52. The van der Waals surface area contributed by atoms with Crippen molar-refractivity contribution in [2.45, 2.75) is 38.3 Å². The summed E-state index contributed by atoms with van der Waals surface area (Å²) in [4.78, 5) is 42.1. The summed E-state index contributed by atoms with van der Waals surface area (Å²) >= 11 is 7.33. The predicted octanol–water partition coefficient (Wildman–Crippen LogP) is 4.00. The number of amides is 4. The van der Waals surface area contributed by atoms with E-state index in [9.17, 15) is 14.4 Å². The summed E-state index contributed by atoms with van der Waals surface area (Å²) in [5.41, 5.74) is -0.377. The van der Waals surface area contributed by atoms with Gasteiger partial charge in [0.2, 0.25) is 5.91 Å². The van der Waals surface area contributed by atoms with Crippen LogP contribution in [0.15, 0.2) is 42.5 Å². The molecule has 1 aliphatic heterocycles. The Morgan fingerprint density at radius 2 is 1.93 bits per heavy atom. The SMILES string of the molecule is CCCCC1(c2ccccc2)NC(=O)N(CC(=O)N(C)Cc2ccc(Cl)s2)C1=O. The first-order valence-corrected chi connectivity index (χ1v) is 10.7. The van der Waals surface area contributed by atoms with Crippen molar-refractivity contribution in [1.29, 1.82) is 0 Å². The fourth-order valence-corrected chi connectivity index (χ4v) is 4.60. The fraction of sp³-hybridized carbons (Fsp3) is 0.381. The maximum Gasteiger partial charge on any atom is 0.325 e. The lowest BCUT2D eigenvalue weighted by Crippen LogP contribution is -2.45. The maximum atomic E-state index is 13.3. The largest absolute Gasteiger partial charge is 0.339 e. The van der Waals surface area contributed by atoms with E-state index in [0.29, 0.717) is 17.3 Å². The van der Waals surface area contributed by atoms with Gasteiger partial charge in [-0.3, -0.25) is 14.5 Å². The Labute approximate surface area is 179 Å². The molecule has 154 valence electrons. The van der Waals surface area contributed by atoms with E-state index in [1.54, 1.807) is 13.1 Å². The van der Waals surface area contributed by atoms with Gasteiger partial charge < -0.3 is 10.2 Å². The number of carbonyl (C=O) groups excluding carboxylic acids is 3. The molecular formula is C21H24ClN3O3S. The molecule has 1 unspecified atom stereocenters. The van der Waals surface area contributed by atoms with Crippen LogP contribution in [0.25, 0.3) is 0 Å². The molecule has 0 bridgehead atoms. The van der Waals surface area contributed by atoms with Crippen LogP contribution < -0.4 is 5.32 Å². The molecule has 1 aromatic heterocycles. The molecule has 2 aromatic rings. The highest BCUT2D eigenvalue weighted by Crippen LogP contribution is 2.34. The van der Waals surface area contributed by atoms with Gasteiger partial charge in [-0.2, -0.15) is 0 Å². The van der Waals surface area contributed by atoms with E-state index in [1.807, 2.05) is 43.3 Å². The molecule has 1 aromatic carbocycles. The first-order valence-electron chi connectivity index (χ1n) is 9.55. The highest BCUT2D eigenvalue weighted by atomic mass is 35.5. The van der Waals surface area contributed by atoms with Crippen molar-refractivity contribution >= 4 is 40.8 Å². The summed E-state index contributed by atoms with van der Waals surface area (Å²) in [5, 5.41) is 2.87. The van der Waals surface area contributed by atoms with E-state index in [-0.39, 0.29) is 18.4 Å². The topological polar surface area (TPSA) is 69.7 Å². The summed E-state index contributed by atoms with van der Waals surface area (Å²) in [5.74, 6) is -0.680. The van der Waals surface area contributed by atoms with Gasteiger partial charge in [-0.25, -0.2) is 4.79 Å². The van der Waals surface area contributed by atoms with E-state index in [4.69, 9.17) is 11.6 Å². The normalized spacial score (nSPS) is 18.8. The molecule has 1 aliphatic rings. The van der Waals surface area contributed by atoms with Crippen molar-refractivity contribution in [3.05, 3.63) is 57.2 Å². The number of benzene rings is 1. The van der Waals surface area contributed by atoms with E-state index < -0.39 is 11.6 Å². The number of urea groups is 1. The van der Waals surface area contributed by atoms with Crippen LogP contribution >= 0.6 is 22.9 Å². The number of nitrogens with one attached hydrogen (secondary N) is 1. The molecule has 1 N–H and O–H groups in total. The molecule has 0 radical (unpaired) electrons. The van der Waals surface area contributed by atoms with Crippen LogP contribution in [0.4, 0.5) is 4.79 Å². The maximum absolute atomic E-state index is 13.3. The number of imide groups is 1. The number of unbranched alkanes of at least 4 members (excludes halogenated alkanes) is 1. The Balaban J connectivity index is 1.77. The minimum atomic E-state index is -1.12. The summed E-state index contributed by atoms with van der Waals surface area (Å²) in [7, 11) is 1.65. The van der Waals surface area contributed by atoms with Crippen molar-refractivity contribution in [2.24, 2.45) is 0 Å². The standard InChI is InChI=1S/C21H24ClN3O3S/c1-3-4-12-21(15-8-6-5-7-9-15)19(27)25(20(28)23-21)14-18(26)24(2)13-16-10-11-17(22)29-16/h5-11H,3-4,12-14H2,1-2H3,(H,23,28). The third-order valence-corrected chi connectivity index (χ3v) is 6.30. The molecule has 3 rings (SSSR count). The third kappa shape index (κ3) is 4.46. The minimum absolute atomic E-state index is 0.291. The molecule has 1 atom stereocenters. The number of nitrogens with zero attached hydrogens (tertiary/aromatic N) is 2. The summed E-state index contributed by atoms with van der Waals surface area (Å²) in [6, 6.07) is 12.3. The molecule has 1 fully saturated rings. The van der Waals surface area contributed by atoms with Crippen LogP contribution in [-0.2, 0) is 21.7 Å². The van der Waals surface area contributed by atoms with E-state index in [0.717, 1.165) is 28.2 Å². The molecule has 29 heavy (non-hydrogen) atoms. The molecule has 0 saturated carbocycles. The van der Waals surface area contributed by atoms with Crippen LogP contribution in [0, 0.1) is 0 Å². The molecule has 0 aliphatic carbocycles. The lowest BCUT2D eigenvalue weighted by atomic mass is 9.85. The summed E-state index contributed by atoms with van der Waals surface area (Å²) in [6.45, 7) is 2.12. The highest BCUT2D eigenvalue weighted by molar-refractivity contribution is 7.16. The second-order valence-electron chi connectivity index (χ2n) is 7.15. The zero-order valence-electron chi connectivity index (χ0n) is 16.5. The fourth-order valence-electron chi connectivity index (χ4n) is 3.46. The predicted molar refractivity (Wildman–Crippen MR) is 114 cm³/mol. The lowest BCUT2D eigenvalue weighted by Gasteiger charge is -2.27. The number of halogens is 1. The Bertz CT molecular complexity index is 902. The van der Waals surface area contributed by atoms with Crippen LogP contribution in [0.1, 0.15) is 36.6 Å². The Hall–Kier alpha value is -2.38. The lowest BCUT2D eigenvalue weighted by molar-refractivity contribution is -0.139. The van der Waals surface area contributed by atoms with Crippen molar-refractivity contribution in [3.8, 4) is 0 Å².